The van der Waals surface area contributed by atoms with Crippen LogP contribution in [0.4, 0.5) is 0 Å². The average Bonchev–Trinajstić information content (AvgIpc) is 3.73. The molecule has 0 aliphatic carbocycles. The number of carbonyl (C=O) groups excluding carboxylic acids is 1. The molecule has 3 aromatic carbocycles. The van der Waals surface area contributed by atoms with Crippen molar-refractivity contribution in [3.63, 3.8) is 0 Å². The van der Waals surface area contributed by atoms with Crippen molar-refractivity contribution >= 4 is 48.9 Å². The minimum absolute atomic E-state index is 0. The topological polar surface area (TPSA) is 63.3 Å². The number of benzene rings is 3. The Kier molecular flexibility index (Phi) is 14.2. The first-order valence-corrected chi connectivity index (χ1v) is 20.6. The number of furan rings is 1. The van der Waals surface area contributed by atoms with Crippen molar-refractivity contribution in [3.8, 4) is 21.9 Å². The van der Waals surface area contributed by atoms with E-state index in [1.54, 1.807) is 11.3 Å². The van der Waals surface area contributed by atoms with E-state index >= 15 is 0 Å². The Morgan fingerprint density at radius 2 is 1.55 bits per heavy atom. The second kappa shape index (κ2) is 17.7. The summed E-state index contributed by atoms with van der Waals surface area (Å²) in [5.41, 5.74) is 6.25. The van der Waals surface area contributed by atoms with Gasteiger partial charge in [-0.1, -0.05) is 117 Å². The summed E-state index contributed by atoms with van der Waals surface area (Å²) in [5.74, 6) is 1.86. The predicted octanol–water partition coefficient (Wildman–Crippen LogP) is 14.8. The third kappa shape index (κ3) is 9.36. The first-order chi connectivity index (χ1) is 25.5. The van der Waals surface area contributed by atoms with E-state index in [-0.39, 0.29) is 47.9 Å². The summed E-state index contributed by atoms with van der Waals surface area (Å²) >= 11 is 1.76. The standard InChI is InChI=1S/C34H32NOS.C15H28O2.Ir/c1-20(2)15-22-11-12-26-21(3)32(36-29(26)16-22)30-19-24-13-14-35-31(33(24)37-30)25-17-23-9-7-8-10-27(23)28(18-25)34(4,5)6;1-7-14(5,8-2)12(16)11-13(17)15(6,9-3)10-4;/h7-14,16,18-20H,15H2,1-6H3;11,16H,7-10H2,1-6H3;/q-1;;/b;12-11-;. The number of aryl methyl sites for hydroxylation is 1. The van der Waals surface area contributed by atoms with Crippen LogP contribution in [0.2, 0.25) is 0 Å². The molecule has 4 nitrogen and oxygen atoms in total. The molecule has 0 fully saturated rings. The summed E-state index contributed by atoms with van der Waals surface area (Å²) in [7, 11) is 0. The number of thiophene rings is 1. The van der Waals surface area contributed by atoms with Crippen LogP contribution in [0.5, 0.6) is 0 Å². The Morgan fingerprint density at radius 1 is 0.891 bits per heavy atom. The third-order valence-electron chi connectivity index (χ3n) is 11.7. The van der Waals surface area contributed by atoms with Gasteiger partial charge in [-0.2, -0.15) is 0 Å². The molecule has 0 atom stereocenters. The molecule has 3 heterocycles. The number of nitrogens with zero attached hydrogens (tertiary/aromatic N) is 1. The van der Waals surface area contributed by atoms with Gasteiger partial charge in [-0.3, -0.25) is 9.78 Å². The molecule has 6 heteroatoms. The number of rotatable bonds is 11. The van der Waals surface area contributed by atoms with Crippen LogP contribution < -0.4 is 0 Å². The maximum atomic E-state index is 12.2. The van der Waals surface area contributed by atoms with Crippen molar-refractivity contribution in [2.24, 2.45) is 16.7 Å². The van der Waals surface area contributed by atoms with Gasteiger partial charge in [-0.15, -0.1) is 40.5 Å². The predicted molar refractivity (Wildman–Crippen MR) is 232 cm³/mol. The van der Waals surface area contributed by atoms with Gasteiger partial charge in [0.1, 0.15) is 17.1 Å². The smallest absolute Gasteiger partial charge is 0.164 e. The second-order valence-electron chi connectivity index (χ2n) is 17.0. The van der Waals surface area contributed by atoms with Crippen molar-refractivity contribution in [2.45, 2.75) is 121 Å². The van der Waals surface area contributed by atoms with Crippen LogP contribution in [0.3, 0.4) is 0 Å². The summed E-state index contributed by atoms with van der Waals surface area (Å²) < 4.78 is 7.66. The SMILES string of the molecule is CCC(C)(CC)C(=O)/C=C(\O)C(C)(CC)CC.Cc1c(-c2cc3ccnc(-c4[c-]c5ccccc5c(C(C)(C)C)c4)c3s2)oc2cc(CC(C)C)ccc12.[Ir]. The summed E-state index contributed by atoms with van der Waals surface area (Å²) in [4.78, 5) is 18.2. The van der Waals surface area contributed by atoms with Crippen LogP contribution in [-0.4, -0.2) is 15.9 Å². The van der Waals surface area contributed by atoms with Gasteiger partial charge in [0, 0.05) is 64.6 Å². The molecule has 295 valence electrons. The first-order valence-electron chi connectivity index (χ1n) is 19.8. The maximum Gasteiger partial charge on any atom is 0.164 e. The molecule has 6 aromatic rings. The molecule has 0 saturated heterocycles. The minimum Gasteiger partial charge on any atom is -0.512 e. The van der Waals surface area contributed by atoms with Crippen LogP contribution in [-0.2, 0) is 36.7 Å². The van der Waals surface area contributed by atoms with Crippen molar-refractivity contribution < 1.29 is 34.4 Å². The molecule has 1 radical (unpaired) electrons. The van der Waals surface area contributed by atoms with Crippen LogP contribution in [0.15, 0.2) is 83.1 Å². The molecule has 0 unspecified atom stereocenters. The van der Waals surface area contributed by atoms with Gasteiger partial charge in [0.15, 0.2) is 5.78 Å². The quantitative estimate of drug-likeness (QED) is 0.0799. The fraction of sp³-hybridized carbons (Fsp3) is 0.429. The van der Waals surface area contributed by atoms with Crippen molar-refractivity contribution in [2.75, 3.05) is 0 Å². The molecule has 0 aliphatic rings. The summed E-state index contributed by atoms with van der Waals surface area (Å²) in [6.07, 6.45) is 7.73. The van der Waals surface area contributed by atoms with E-state index in [0.29, 0.717) is 5.92 Å². The number of carbonyl (C=O) groups is 1. The van der Waals surface area contributed by atoms with Crippen LogP contribution >= 0.6 is 11.3 Å². The second-order valence-corrected chi connectivity index (χ2v) is 18.0. The Morgan fingerprint density at radius 3 is 2.16 bits per heavy atom. The van der Waals surface area contributed by atoms with E-state index < -0.39 is 0 Å². The monoisotopic (exact) mass is 935 g/mol. The van der Waals surface area contributed by atoms with Gasteiger partial charge in [0.25, 0.3) is 0 Å². The molecule has 6 rings (SSSR count). The zero-order valence-corrected chi connectivity index (χ0v) is 38.2. The minimum atomic E-state index is -0.337. The molecule has 0 aliphatic heterocycles. The fourth-order valence-corrected chi connectivity index (χ4v) is 8.23. The van der Waals surface area contributed by atoms with E-state index in [0.717, 1.165) is 65.0 Å². The largest absolute Gasteiger partial charge is 0.512 e. The van der Waals surface area contributed by atoms with E-state index in [2.05, 4.69) is 108 Å². The van der Waals surface area contributed by atoms with Crippen molar-refractivity contribution in [3.05, 3.63) is 101 Å². The van der Waals surface area contributed by atoms with Gasteiger partial charge in [0.2, 0.25) is 0 Å². The fourth-order valence-electron chi connectivity index (χ4n) is 7.03. The Balaban J connectivity index is 0.000000320. The Labute approximate surface area is 347 Å². The number of ketones is 1. The van der Waals surface area contributed by atoms with Gasteiger partial charge >= 0.3 is 0 Å². The maximum absolute atomic E-state index is 12.2. The molecular weight excluding hydrogens is 875 g/mol. The third-order valence-corrected chi connectivity index (χ3v) is 12.9. The van der Waals surface area contributed by atoms with Crippen LogP contribution in [0.1, 0.15) is 119 Å². The number of aliphatic hydroxyl groups is 1. The number of aromatic nitrogens is 1. The van der Waals surface area contributed by atoms with Crippen molar-refractivity contribution in [1.82, 2.24) is 4.98 Å². The molecule has 0 bridgehead atoms. The van der Waals surface area contributed by atoms with Gasteiger partial charge in [0.05, 0.1) is 4.88 Å². The van der Waals surface area contributed by atoms with Gasteiger partial charge in [-0.25, -0.2) is 0 Å². The Hall–Kier alpha value is -3.57. The molecule has 55 heavy (non-hydrogen) atoms. The van der Waals surface area contributed by atoms with Crippen LogP contribution in [0.25, 0.3) is 53.7 Å². The van der Waals surface area contributed by atoms with Crippen molar-refractivity contribution in [1.29, 1.82) is 0 Å². The zero-order chi connectivity index (χ0) is 39.6. The normalized spacial score (nSPS) is 12.6. The summed E-state index contributed by atoms with van der Waals surface area (Å²) in [6.45, 7) is 25.6. The average molecular weight is 935 g/mol. The zero-order valence-electron chi connectivity index (χ0n) is 35.0. The molecule has 0 saturated carbocycles. The molecule has 0 spiro atoms. The number of aliphatic hydroxyl groups excluding tert-OH is 1. The van der Waals surface area contributed by atoms with Crippen LogP contribution in [0, 0.1) is 29.7 Å². The molecule has 1 N–H and O–H groups in total. The van der Waals surface area contributed by atoms with E-state index in [4.69, 9.17) is 9.40 Å². The molecule has 0 amide bonds. The van der Waals surface area contributed by atoms with E-state index in [9.17, 15) is 9.90 Å². The number of hydrogen-bond acceptors (Lipinski definition) is 5. The number of fused-ring (bicyclic) bond motifs is 3. The molecular formula is C49H60IrNO3S-. The first kappa shape index (κ1) is 44.1. The Bertz CT molecular complexity index is 2290. The van der Waals surface area contributed by atoms with Gasteiger partial charge in [-0.05, 0) is 79.5 Å². The van der Waals surface area contributed by atoms with Gasteiger partial charge < -0.3 is 9.52 Å². The number of allylic oxidation sites excluding steroid dienone is 2. The van der Waals surface area contributed by atoms with E-state index in [1.807, 2.05) is 47.7 Å². The summed E-state index contributed by atoms with van der Waals surface area (Å²) in [6, 6.07) is 25.5. The molecule has 3 aromatic heterocycles. The number of pyridine rings is 1. The number of hydrogen-bond donors (Lipinski definition) is 1. The van der Waals surface area contributed by atoms with E-state index in [1.165, 1.54) is 43.6 Å². The summed E-state index contributed by atoms with van der Waals surface area (Å²) in [5, 5.41) is 14.9.